The predicted molar refractivity (Wildman–Crippen MR) is 96.9 cm³/mol. The van der Waals surface area contributed by atoms with Crippen LogP contribution in [0.3, 0.4) is 0 Å². The zero-order chi connectivity index (χ0) is 18.5. The van der Waals surface area contributed by atoms with E-state index < -0.39 is 6.04 Å². The van der Waals surface area contributed by atoms with Crippen molar-refractivity contribution in [3.8, 4) is 5.75 Å². The van der Waals surface area contributed by atoms with Gasteiger partial charge in [0.1, 0.15) is 11.8 Å². The monoisotopic (exact) mass is 354 g/mol. The summed E-state index contributed by atoms with van der Waals surface area (Å²) in [4.78, 5) is 27.3. The minimum Gasteiger partial charge on any atom is -0.496 e. The summed E-state index contributed by atoms with van der Waals surface area (Å²) in [5, 5.41) is 2.84. The fourth-order valence-electron chi connectivity index (χ4n) is 3.21. The summed E-state index contributed by atoms with van der Waals surface area (Å²) in [5.41, 5.74) is 2.14. The number of para-hydroxylation sites is 1. The molecule has 0 fully saturated rings. The molecule has 6 nitrogen and oxygen atoms in total. The molecule has 1 heterocycles. The van der Waals surface area contributed by atoms with E-state index in [4.69, 9.17) is 9.47 Å². The van der Waals surface area contributed by atoms with Gasteiger partial charge in [-0.1, -0.05) is 36.4 Å². The van der Waals surface area contributed by atoms with E-state index in [9.17, 15) is 9.59 Å². The van der Waals surface area contributed by atoms with Crippen LogP contribution in [0.4, 0.5) is 0 Å². The predicted octanol–water partition coefficient (Wildman–Crippen LogP) is 2.15. The normalized spacial score (nSPS) is 15.7. The van der Waals surface area contributed by atoms with Gasteiger partial charge in [0.15, 0.2) is 0 Å². The molecule has 0 spiro atoms. The van der Waals surface area contributed by atoms with E-state index in [0.29, 0.717) is 31.0 Å². The number of hydrogen-bond donors (Lipinski definition) is 1. The molecule has 2 aromatic carbocycles. The highest BCUT2D eigenvalue weighted by atomic mass is 16.5. The zero-order valence-corrected chi connectivity index (χ0v) is 14.9. The Balaban J connectivity index is 1.91. The van der Waals surface area contributed by atoms with Crippen LogP contribution in [0.2, 0.25) is 0 Å². The lowest BCUT2D eigenvalue weighted by atomic mass is 10.0. The van der Waals surface area contributed by atoms with Crippen molar-refractivity contribution in [2.75, 3.05) is 27.4 Å². The maximum absolute atomic E-state index is 12.9. The first-order chi connectivity index (χ1) is 12.7. The Labute approximate surface area is 152 Å². The third-order valence-corrected chi connectivity index (χ3v) is 4.45. The first-order valence-electron chi connectivity index (χ1n) is 8.45. The number of hydrogen-bond acceptors (Lipinski definition) is 4. The Bertz CT molecular complexity index is 806. The minimum absolute atomic E-state index is 0.154. The molecule has 1 aliphatic rings. The van der Waals surface area contributed by atoms with E-state index in [1.54, 1.807) is 25.2 Å². The Morgan fingerprint density at radius 2 is 1.85 bits per heavy atom. The van der Waals surface area contributed by atoms with Crippen molar-refractivity contribution in [3.05, 3.63) is 65.2 Å². The van der Waals surface area contributed by atoms with E-state index in [-0.39, 0.29) is 11.8 Å². The van der Waals surface area contributed by atoms with E-state index in [1.165, 1.54) is 0 Å². The Morgan fingerprint density at radius 1 is 1.12 bits per heavy atom. The molecule has 1 aliphatic heterocycles. The quantitative estimate of drug-likeness (QED) is 0.774. The van der Waals surface area contributed by atoms with E-state index >= 15 is 0 Å². The molecule has 0 radical (unpaired) electrons. The van der Waals surface area contributed by atoms with Gasteiger partial charge in [-0.15, -0.1) is 0 Å². The number of nitrogens with zero attached hydrogens (tertiary/aromatic N) is 1. The number of benzene rings is 2. The average Bonchev–Trinajstić information content (AvgIpc) is 2.95. The van der Waals surface area contributed by atoms with Crippen molar-refractivity contribution in [2.45, 2.75) is 12.6 Å². The Kier molecular flexibility index (Phi) is 5.53. The summed E-state index contributed by atoms with van der Waals surface area (Å²) in [6, 6.07) is 14.1. The molecular weight excluding hydrogens is 332 g/mol. The third-order valence-electron chi connectivity index (χ3n) is 4.45. The lowest BCUT2D eigenvalue weighted by Gasteiger charge is -2.25. The number of ether oxygens (including phenoxy) is 2. The summed E-state index contributed by atoms with van der Waals surface area (Å²) in [7, 11) is 3.17. The van der Waals surface area contributed by atoms with Crippen molar-refractivity contribution in [2.24, 2.45) is 0 Å². The molecule has 136 valence electrons. The van der Waals surface area contributed by atoms with Gasteiger partial charge in [-0.3, -0.25) is 9.59 Å². The largest absolute Gasteiger partial charge is 0.496 e. The fraction of sp³-hybridized carbons (Fsp3) is 0.300. The van der Waals surface area contributed by atoms with Gasteiger partial charge in [0.25, 0.3) is 5.91 Å². The highest BCUT2D eigenvalue weighted by molar-refractivity contribution is 6.04. The van der Waals surface area contributed by atoms with Crippen molar-refractivity contribution < 1.29 is 19.1 Å². The average molecular weight is 354 g/mol. The standard InChI is InChI=1S/C20H22N2O4/c1-25-12-11-21-19(23)18-15-8-4-5-9-16(15)20(24)22(18)13-14-7-3-6-10-17(14)26-2/h3-10,18H,11-13H2,1-2H3,(H,21,23)/t18-/m1/s1. The van der Waals surface area contributed by atoms with Gasteiger partial charge in [-0.2, -0.15) is 0 Å². The van der Waals surface area contributed by atoms with Crippen LogP contribution in [-0.4, -0.2) is 44.1 Å². The van der Waals surface area contributed by atoms with Crippen molar-refractivity contribution in [1.29, 1.82) is 0 Å². The van der Waals surface area contributed by atoms with Crippen molar-refractivity contribution in [3.63, 3.8) is 0 Å². The molecule has 26 heavy (non-hydrogen) atoms. The highest BCUT2D eigenvalue weighted by Gasteiger charge is 2.40. The SMILES string of the molecule is COCCNC(=O)[C@H]1c2ccccc2C(=O)N1Cc1ccccc1OC. The lowest BCUT2D eigenvalue weighted by Crippen LogP contribution is -2.39. The number of nitrogens with one attached hydrogen (secondary N) is 1. The number of fused-ring (bicyclic) bond motifs is 1. The maximum Gasteiger partial charge on any atom is 0.255 e. The third kappa shape index (κ3) is 3.41. The van der Waals surface area contributed by atoms with Crippen LogP contribution < -0.4 is 10.1 Å². The molecule has 3 rings (SSSR count). The second-order valence-corrected chi connectivity index (χ2v) is 6.02. The van der Waals surface area contributed by atoms with Crippen LogP contribution in [0.25, 0.3) is 0 Å². The van der Waals surface area contributed by atoms with E-state index in [1.807, 2.05) is 42.5 Å². The van der Waals surface area contributed by atoms with Crippen LogP contribution in [0, 0.1) is 0 Å². The molecule has 0 saturated carbocycles. The van der Waals surface area contributed by atoms with Gasteiger partial charge in [-0.25, -0.2) is 0 Å². The van der Waals surface area contributed by atoms with E-state index in [0.717, 1.165) is 11.1 Å². The summed E-state index contributed by atoms with van der Waals surface area (Å²) in [6.07, 6.45) is 0. The summed E-state index contributed by atoms with van der Waals surface area (Å²) < 4.78 is 10.4. The second kappa shape index (κ2) is 8.01. The lowest BCUT2D eigenvalue weighted by molar-refractivity contribution is -0.125. The zero-order valence-electron chi connectivity index (χ0n) is 14.9. The number of amides is 2. The van der Waals surface area contributed by atoms with Crippen molar-refractivity contribution >= 4 is 11.8 Å². The summed E-state index contributed by atoms with van der Waals surface area (Å²) in [5.74, 6) is 0.323. The van der Waals surface area contributed by atoms with Gasteiger partial charge in [0, 0.05) is 24.8 Å². The van der Waals surface area contributed by atoms with E-state index in [2.05, 4.69) is 5.32 Å². The van der Waals surface area contributed by atoms with Crippen LogP contribution in [-0.2, 0) is 16.1 Å². The molecule has 0 saturated heterocycles. The van der Waals surface area contributed by atoms with Crippen molar-refractivity contribution in [1.82, 2.24) is 10.2 Å². The molecule has 0 unspecified atom stereocenters. The molecule has 2 amide bonds. The fourth-order valence-corrected chi connectivity index (χ4v) is 3.21. The Hall–Kier alpha value is -2.86. The topological polar surface area (TPSA) is 67.9 Å². The highest BCUT2D eigenvalue weighted by Crippen LogP contribution is 2.36. The number of carbonyl (C=O) groups is 2. The van der Waals surface area contributed by atoms with Crippen LogP contribution in [0.15, 0.2) is 48.5 Å². The molecule has 0 aliphatic carbocycles. The summed E-state index contributed by atoms with van der Waals surface area (Å²) in [6.45, 7) is 1.10. The van der Waals surface area contributed by atoms with Gasteiger partial charge >= 0.3 is 0 Å². The molecule has 0 bridgehead atoms. The van der Waals surface area contributed by atoms with Gasteiger partial charge in [0.05, 0.1) is 20.3 Å². The number of rotatable bonds is 7. The first-order valence-corrected chi connectivity index (χ1v) is 8.45. The van der Waals surface area contributed by atoms with Gasteiger partial charge in [-0.05, 0) is 17.7 Å². The maximum atomic E-state index is 12.9. The smallest absolute Gasteiger partial charge is 0.255 e. The molecule has 1 atom stereocenters. The van der Waals surface area contributed by atoms with Crippen LogP contribution in [0.5, 0.6) is 5.75 Å². The molecule has 6 heteroatoms. The molecule has 2 aromatic rings. The molecule has 0 aromatic heterocycles. The second-order valence-electron chi connectivity index (χ2n) is 6.02. The number of carbonyl (C=O) groups excluding carboxylic acids is 2. The Morgan fingerprint density at radius 3 is 2.62 bits per heavy atom. The first kappa shape index (κ1) is 17.9. The van der Waals surface area contributed by atoms with Crippen LogP contribution in [0.1, 0.15) is 27.5 Å². The number of methoxy groups -OCH3 is 2. The molecule has 1 N–H and O–H groups in total. The molecular formula is C20H22N2O4. The summed E-state index contributed by atoms with van der Waals surface area (Å²) >= 11 is 0. The van der Waals surface area contributed by atoms with Gasteiger partial charge < -0.3 is 19.7 Å². The minimum atomic E-state index is -0.666. The van der Waals surface area contributed by atoms with Crippen LogP contribution >= 0.6 is 0 Å². The van der Waals surface area contributed by atoms with Gasteiger partial charge in [0.2, 0.25) is 5.91 Å².